The zero-order valence-corrected chi connectivity index (χ0v) is 8.89. The maximum Gasteiger partial charge on any atom is 0.0518 e. The fourth-order valence-electron chi connectivity index (χ4n) is 1.16. The van der Waals surface area contributed by atoms with Crippen molar-refractivity contribution in [3.63, 3.8) is 0 Å². The van der Waals surface area contributed by atoms with Crippen LogP contribution in [0.15, 0.2) is 0 Å². The highest BCUT2D eigenvalue weighted by molar-refractivity contribution is 4.58. The standard InChI is InChI=1S/C10H23NO/c1-5-11-10(4)7-6-8-12-9(2)3/h9-11H,5-8H2,1-4H3. The molecule has 0 rings (SSSR count). The van der Waals surface area contributed by atoms with Gasteiger partial charge in [-0.2, -0.15) is 0 Å². The number of hydrogen-bond donors (Lipinski definition) is 1. The molecule has 0 spiro atoms. The largest absolute Gasteiger partial charge is 0.379 e. The van der Waals surface area contributed by atoms with E-state index in [1.807, 2.05) is 0 Å². The molecule has 0 radical (unpaired) electrons. The lowest BCUT2D eigenvalue weighted by atomic mass is 10.2. The lowest BCUT2D eigenvalue weighted by Crippen LogP contribution is -2.25. The quantitative estimate of drug-likeness (QED) is 0.596. The molecular weight excluding hydrogens is 150 g/mol. The average molecular weight is 173 g/mol. The summed E-state index contributed by atoms with van der Waals surface area (Å²) >= 11 is 0. The maximum absolute atomic E-state index is 5.44. The van der Waals surface area contributed by atoms with Crippen molar-refractivity contribution in [1.29, 1.82) is 0 Å². The van der Waals surface area contributed by atoms with Gasteiger partial charge < -0.3 is 10.1 Å². The zero-order chi connectivity index (χ0) is 9.40. The molecule has 0 aliphatic carbocycles. The van der Waals surface area contributed by atoms with Crippen LogP contribution < -0.4 is 5.32 Å². The van der Waals surface area contributed by atoms with Crippen LogP contribution in [0.5, 0.6) is 0 Å². The lowest BCUT2D eigenvalue weighted by molar-refractivity contribution is 0.0748. The third-order valence-electron chi connectivity index (χ3n) is 1.79. The second kappa shape index (κ2) is 7.56. The molecule has 2 heteroatoms. The Morgan fingerprint density at radius 1 is 1.25 bits per heavy atom. The SMILES string of the molecule is CCNC(C)CCCOC(C)C. The van der Waals surface area contributed by atoms with Crippen LogP contribution in [0, 0.1) is 0 Å². The van der Waals surface area contributed by atoms with E-state index in [2.05, 4.69) is 33.0 Å². The first-order valence-electron chi connectivity index (χ1n) is 5.01. The molecule has 74 valence electrons. The Hall–Kier alpha value is -0.0800. The van der Waals surface area contributed by atoms with Gasteiger partial charge in [-0.05, 0) is 40.2 Å². The third kappa shape index (κ3) is 8.02. The minimum absolute atomic E-state index is 0.374. The summed E-state index contributed by atoms with van der Waals surface area (Å²) in [6.45, 7) is 10.5. The van der Waals surface area contributed by atoms with E-state index in [-0.39, 0.29) is 0 Å². The highest BCUT2D eigenvalue weighted by Crippen LogP contribution is 1.98. The number of nitrogens with one attached hydrogen (secondary N) is 1. The summed E-state index contributed by atoms with van der Waals surface area (Å²) in [5.41, 5.74) is 0. The van der Waals surface area contributed by atoms with Crippen molar-refractivity contribution >= 4 is 0 Å². The monoisotopic (exact) mass is 173 g/mol. The molecule has 0 aromatic carbocycles. The average Bonchev–Trinajstić information content (AvgIpc) is 1.98. The second-order valence-electron chi connectivity index (χ2n) is 3.52. The molecule has 0 heterocycles. The molecule has 0 amide bonds. The molecule has 0 saturated carbocycles. The van der Waals surface area contributed by atoms with Crippen molar-refractivity contribution in [2.45, 2.75) is 52.7 Å². The van der Waals surface area contributed by atoms with Gasteiger partial charge in [0.05, 0.1) is 6.10 Å². The van der Waals surface area contributed by atoms with Gasteiger partial charge in [0.25, 0.3) is 0 Å². The molecule has 0 bridgehead atoms. The Kier molecular flexibility index (Phi) is 7.51. The molecular formula is C10H23NO. The van der Waals surface area contributed by atoms with E-state index in [9.17, 15) is 0 Å². The summed E-state index contributed by atoms with van der Waals surface area (Å²) in [4.78, 5) is 0. The van der Waals surface area contributed by atoms with Gasteiger partial charge in [-0.3, -0.25) is 0 Å². The fourth-order valence-corrected chi connectivity index (χ4v) is 1.16. The smallest absolute Gasteiger partial charge is 0.0518 e. The van der Waals surface area contributed by atoms with E-state index < -0.39 is 0 Å². The summed E-state index contributed by atoms with van der Waals surface area (Å²) < 4.78 is 5.44. The molecule has 1 atom stereocenters. The van der Waals surface area contributed by atoms with E-state index in [0.717, 1.165) is 19.6 Å². The Morgan fingerprint density at radius 2 is 1.92 bits per heavy atom. The van der Waals surface area contributed by atoms with Crippen LogP contribution in [0.1, 0.15) is 40.5 Å². The Balaban J connectivity index is 3.08. The van der Waals surface area contributed by atoms with Crippen LogP contribution >= 0.6 is 0 Å². The van der Waals surface area contributed by atoms with E-state index in [0.29, 0.717) is 12.1 Å². The van der Waals surface area contributed by atoms with Crippen molar-refractivity contribution in [3.05, 3.63) is 0 Å². The van der Waals surface area contributed by atoms with Crippen molar-refractivity contribution in [3.8, 4) is 0 Å². The van der Waals surface area contributed by atoms with Gasteiger partial charge >= 0.3 is 0 Å². The molecule has 0 aliphatic rings. The van der Waals surface area contributed by atoms with Crippen molar-refractivity contribution in [1.82, 2.24) is 5.32 Å². The van der Waals surface area contributed by atoms with Crippen LogP contribution in [-0.2, 0) is 4.74 Å². The van der Waals surface area contributed by atoms with Gasteiger partial charge in [-0.1, -0.05) is 6.92 Å². The summed E-state index contributed by atoms with van der Waals surface area (Å²) in [6.07, 6.45) is 2.74. The highest BCUT2D eigenvalue weighted by Gasteiger charge is 1.99. The van der Waals surface area contributed by atoms with Crippen LogP contribution in [0.3, 0.4) is 0 Å². The van der Waals surface area contributed by atoms with E-state index in [1.165, 1.54) is 6.42 Å². The zero-order valence-electron chi connectivity index (χ0n) is 8.89. The first kappa shape index (κ1) is 11.9. The number of ether oxygens (including phenoxy) is 1. The molecule has 0 saturated heterocycles. The Morgan fingerprint density at radius 3 is 2.42 bits per heavy atom. The molecule has 0 aliphatic heterocycles. The first-order valence-corrected chi connectivity index (χ1v) is 5.01. The number of hydrogen-bond acceptors (Lipinski definition) is 2. The lowest BCUT2D eigenvalue weighted by Gasteiger charge is -2.12. The van der Waals surface area contributed by atoms with Gasteiger partial charge in [0.2, 0.25) is 0 Å². The minimum atomic E-state index is 0.374. The molecule has 2 nitrogen and oxygen atoms in total. The van der Waals surface area contributed by atoms with Crippen LogP contribution in [-0.4, -0.2) is 25.3 Å². The van der Waals surface area contributed by atoms with Gasteiger partial charge in [0.15, 0.2) is 0 Å². The third-order valence-corrected chi connectivity index (χ3v) is 1.79. The van der Waals surface area contributed by atoms with E-state index in [4.69, 9.17) is 4.74 Å². The van der Waals surface area contributed by atoms with E-state index in [1.54, 1.807) is 0 Å². The molecule has 0 aromatic rings. The molecule has 0 fully saturated rings. The summed E-state index contributed by atoms with van der Waals surface area (Å²) in [5.74, 6) is 0. The van der Waals surface area contributed by atoms with Crippen LogP contribution in [0.2, 0.25) is 0 Å². The Labute approximate surface area is 76.7 Å². The van der Waals surface area contributed by atoms with E-state index >= 15 is 0 Å². The highest BCUT2D eigenvalue weighted by atomic mass is 16.5. The van der Waals surface area contributed by atoms with Gasteiger partial charge in [-0.15, -0.1) is 0 Å². The predicted molar refractivity (Wildman–Crippen MR) is 53.5 cm³/mol. The second-order valence-corrected chi connectivity index (χ2v) is 3.52. The number of rotatable bonds is 7. The first-order chi connectivity index (χ1) is 5.66. The normalized spacial score (nSPS) is 13.8. The maximum atomic E-state index is 5.44. The predicted octanol–water partition coefficient (Wildman–Crippen LogP) is 2.19. The molecule has 0 aromatic heterocycles. The van der Waals surface area contributed by atoms with Crippen LogP contribution in [0.25, 0.3) is 0 Å². The van der Waals surface area contributed by atoms with Crippen molar-refractivity contribution < 1.29 is 4.74 Å². The summed E-state index contributed by atoms with van der Waals surface area (Å²) in [6, 6.07) is 0.630. The van der Waals surface area contributed by atoms with Gasteiger partial charge in [0.1, 0.15) is 0 Å². The summed E-state index contributed by atoms with van der Waals surface area (Å²) in [7, 11) is 0. The molecule has 1 N–H and O–H groups in total. The topological polar surface area (TPSA) is 21.3 Å². The minimum Gasteiger partial charge on any atom is -0.379 e. The Bertz CT molecular complexity index is 93.8. The van der Waals surface area contributed by atoms with Crippen LogP contribution in [0.4, 0.5) is 0 Å². The fraction of sp³-hybridized carbons (Fsp3) is 1.00. The molecule has 12 heavy (non-hydrogen) atoms. The van der Waals surface area contributed by atoms with Crippen molar-refractivity contribution in [2.24, 2.45) is 0 Å². The summed E-state index contributed by atoms with van der Waals surface area (Å²) in [5, 5.41) is 3.38. The molecule has 1 unspecified atom stereocenters. The van der Waals surface area contributed by atoms with Gasteiger partial charge in [-0.25, -0.2) is 0 Å². The van der Waals surface area contributed by atoms with Crippen molar-refractivity contribution in [2.75, 3.05) is 13.2 Å². The van der Waals surface area contributed by atoms with Gasteiger partial charge in [0, 0.05) is 12.6 Å².